The van der Waals surface area contributed by atoms with Crippen molar-refractivity contribution in [2.24, 2.45) is 11.7 Å². The molecule has 0 radical (unpaired) electrons. The van der Waals surface area contributed by atoms with E-state index in [4.69, 9.17) is 10.2 Å². The van der Waals surface area contributed by atoms with Crippen LogP contribution in [0.2, 0.25) is 19.1 Å². The van der Waals surface area contributed by atoms with Crippen molar-refractivity contribution in [2.45, 2.75) is 45.8 Å². The minimum atomic E-state index is -1.40. The van der Waals surface area contributed by atoms with Gasteiger partial charge in [-0.05, 0) is 38.0 Å². The molecule has 0 saturated heterocycles. The van der Waals surface area contributed by atoms with Crippen LogP contribution >= 0.6 is 0 Å². The zero-order chi connectivity index (χ0) is 10.3. The van der Waals surface area contributed by atoms with Gasteiger partial charge in [0.2, 0.25) is 0 Å². The summed E-state index contributed by atoms with van der Waals surface area (Å²) < 4.78 is 5.93. The summed E-state index contributed by atoms with van der Waals surface area (Å²) in [4.78, 5) is 0. The van der Waals surface area contributed by atoms with Gasteiger partial charge in [-0.25, -0.2) is 0 Å². The monoisotopic (exact) mass is 203 g/mol. The highest BCUT2D eigenvalue weighted by Gasteiger charge is 2.24. The Balaban J connectivity index is 3.65. The molecule has 0 amide bonds. The largest absolute Gasteiger partial charge is 0.417 e. The summed E-state index contributed by atoms with van der Waals surface area (Å²) in [6.07, 6.45) is 2.41. The Morgan fingerprint density at radius 3 is 2.46 bits per heavy atom. The number of nitrogens with two attached hydrogens (primary N) is 1. The highest BCUT2D eigenvalue weighted by Crippen LogP contribution is 2.17. The Kier molecular flexibility index (Phi) is 6.64. The zero-order valence-corrected chi connectivity index (χ0v) is 10.6. The van der Waals surface area contributed by atoms with Gasteiger partial charge >= 0.3 is 0 Å². The Bertz CT molecular complexity index is 128. The maximum absolute atomic E-state index is 5.93. The van der Waals surface area contributed by atoms with Crippen molar-refractivity contribution in [1.29, 1.82) is 0 Å². The van der Waals surface area contributed by atoms with Crippen LogP contribution in [0.25, 0.3) is 0 Å². The van der Waals surface area contributed by atoms with Gasteiger partial charge in [0.15, 0.2) is 8.32 Å². The first-order valence-electron chi connectivity index (χ1n) is 5.36. The Hall–Kier alpha value is 0.137. The van der Waals surface area contributed by atoms with Crippen molar-refractivity contribution in [3.63, 3.8) is 0 Å². The highest BCUT2D eigenvalue weighted by atomic mass is 28.4. The van der Waals surface area contributed by atoms with E-state index in [0.29, 0.717) is 5.92 Å². The number of rotatable bonds is 7. The lowest BCUT2D eigenvalue weighted by molar-refractivity contribution is 0.294. The summed E-state index contributed by atoms with van der Waals surface area (Å²) in [6, 6.07) is 1.19. The second kappa shape index (κ2) is 6.57. The lowest BCUT2D eigenvalue weighted by Crippen LogP contribution is -2.34. The predicted octanol–water partition coefficient (Wildman–Crippen LogP) is 2.60. The van der Waals surface area contributed by atoms with E-state index in [-0.39, 0.29) is 0 Å². The van der Waals surface area contributed by atoms with Crippen molar-refractivity contribution in [3.05, 3.63) is 0 Å². The first kappa shape index (κ1) is 13.1. The van der Waals surface area contributed by atoms with Gasteiger partial charge in [0.05, 0.1) is 0 Å². The van der Waals surface area contributed by atoms with Crippen molar-refractivity contribution < 1.29 is 4.43 Å². The average molecular weight is 203 g/mol. The normalized spacial score (nSPS) is 14.5. The molecule has 0 aliphatic heterocycles. The minimum Gasteiger partial charge on any atom is -0.417 e. The molecule has 0 bridgehead atoms. The van der Waals surface area contributed by atoms with Crippen LogP contribution in [0.4, 0.5) is 0 Å². The first-order valence-corrected chi connectivity index (χ1v) is 8.47. The van der Waals surface area contributed by atoms with Crippen LogP contribution in [0.15, 0.2) is 0 Å². The van der Waals surface area contributed by atoms with Crippen LogP contribution in [0, 0.1) is 5.92 Å². The second-order valence-corrected chi connectivity index (χ2v) is 8.72. The lowest BCUT2D eigenvalue weighted by atomic mass is 10.2. The molecule has 3 heteroatoms. The molecule has 0 fully saturated rings. The molecule has 1 atom stereocenters. The first-order chi connectivity index (χ1) is 6.02. The molecule has 0 aromatic rings. The van der Waals surface area contributed by atoms with E-state index in [0.717, 1.165) is 13.2 Å². The predicted molar refractivity (Wildman–Crippen MR) is 61.4 cm³/mol. The van der Waals surface area contributed by atoms with Gasteiger partial charge in [0.25, 0.3) is 0 Å². The van der Waals surface area contributed by atoms with Crippen molar-refractivity contribution >= 4 is 8.32 Å². The van der Waals surface area contributed by atoms with Crippen molar-refractivity contribution in [2.75, 3.05) is 13.2 Å². The number of hydrogen-bond acceptors (Lipinski definition) is 2. The Labute approximate surface area is 84.0 Å². The van der Waals surface area contributed by atoms with Crippen molar-refractivity contribution in [3.8, 4) is 0 Å². The summed E-state index contributed by atoms with van der Waals surface area (Å²) in [5, 5.41) is 0. The van der Waals surface area contributed by atoms with E-state index in [1.165, 1.54) is 18.9 Å². The SMILES string of the molecule is CCCCO[Si](C)(C)CC(C)CN. The van der Waals surface area contributed by atoms with E-state index < -0.39 is 8.32 Å². The van der Waals surface area contributed by atoms with E-state index in [2.05, 4.69) is 26.9 Å². The maximum atomic E-state index is 5.93. The highest BCUT2D eigenvalue weighted by molar-refractivity contribution is 6.71. The summed E-state index contributed by atoms with van der Waals surface area (Å²) >= 11 is 0. The smallest absolute Gasteiger partial charge is 0.187 e. The van der Waals surface area contributed by atoms with Crippen molar-refractivity contribution in [1.82, 2.24) is 0 Å². The molecule has 0 aliphatic rings. The Morgan fingerprint density at radius 2 is 2.00 bits per heavy atom. The number of hydrogen-bond donors (Lipinski definition) is 1. The molecule has 0 aromatic heterocycles. The fourth-order valence-corrected chi connectivity index (χ4v) is 4.13. The summed E-state index contributed by atoms with van der Waals surface area (Å²) in [5.74, 6) is 0.614. The van der Waals surface area contributed by atoms with Gasteiger partial charge in [0, 0.05) is 6.61 Å². The van der Waals surface area contributed by atoms with Gasteiger partial charge in [-0.15, -0.1) is 0 Å². The molecular weight excluding hydrogens is 178 g/mol. The van der Waals surface area contributed by atoms with Gasteiger partial charge in [-0.2, -0.15) is 0 Å². The molecule has 0 aromatic carbocycles. The lowest BCUT2D eigenvalue weighted by Gasteiger charge is -2.25. The van der Waals surface area contributed by atoms with E-state index in [1.807, 2.05) is 0 Å². The summed E-state index contributed by atoms with van der Waals surface area (Å²) in [6.45, 7) is 10.7. The standard InChI is InChI=1S/C10H25NOSi/c1-5-6-7-12-13(3,4)9-10(2)8-11/h10H,5-9,11H2,1-4H3. The van der Waals surface area contributed by atoms with Gasteiger partial charge in [-0.3, -0.25) is 0 Å². The Morgan fingerprint density at radius 1 is 1.38 bits per heavy atom. The summed E-state index contributed by atoms with van der Waals surface area (Å²) in [5.41, 5.74) is 5.60. The molecule has 0 heterocycles. The molecule has 0 spiro atoms. The molecule has 2 N–H and O–H groups in total. The second-order valence-electron chi connectivity index (χ2n) is 4.51. The molecule has 13 heavy (non-hydrogen) atoms. The van der Waals surface area contributed by atoms with Gasteiger partial charge in [-0.1, -0.05) is 20.3 Å². The fraction of sp³-hybridized carbons (Fsp3) is 1.00. The third kappa shape index (κ3) is 7.23. The topological polar surface area (TPSA) is 35.2 Å². The molecule has 2 nitrogen and oxygen atoms in total. The third-order valence-electron chi connectivity index (χ3n) is 2.23. The molecule has 0 saturated carbocycles. The van der Waals surface area contributed by atoms with Crippen LogP contribution in [0.3, 0.4) is 0 Å². The molecule has 80 valence electrons. The zero-order valence-electron chi connectivity index (χ0n) is 9.60. The van der Waals surface area contributed by atoms with Gasteiger partial charge in [0.1, 0.15) is 0 Å². The van der Waals surface area contributed by atoms with Gasteiger partial charge < -0.3 is 10.2 Å². The van der Waals surface area contributed by atoms with Crippen LogP contribution in [0.1, 0.15) is 26.7 Å². The van der Waals surface area contributed by atoms with E-state index in [1.54, 1.807) is 0 Å². The van der Waals surface area contributed by atoms with Crippen LogP contribution < -0.4 is 5.73 Å². The van der Waals surface area contributed by atoms with Crippen LogP contribution in [0.5, 0.6) is 0 Å². The molecule has 0 rings (SSSR count). The third-order valence-corrected chi connectivity index (χ3v) is 4.90. The molecule has 0 aliphatic carbocycles. The number of unbranched alkanes of at least 4 members (excludes halogenated alkanes) is 1. The van der Waals surface area contributed by atoms with Crippen LogP contribution in [-0.2, 0) is 4.43 Å². The quantitative estimate of drug-likeness (QED) is 0.510. The summed E-state index contributed by atoms with van der Waals surface area (Å²) in [7, 11) is -1.40. The maximum Gasteiger partial charge on any atom is 0.187 e. The van der Waals surface area contributed by atoms with E-state index >= 15 is 0 Å². The fourth-order valence-electron chi connectivity index (χ4n) is 1.47. The van der Waals surface area contributed by atoms with Crippen LogP contribution in [-0.4, -0.2) is 21.5 Å². The average Bonchev–Trinajstić information content (AvgIpc) is 2.03. The minimum absolute atomic E-state index is 0.614. The molecule has 1 unspecified atom stereocenters. The van der Waals surface area contributed by atoms with E-state index in [9.17, 15) is 0 Å². The molecular formula is C10H25NOSi.